The molecule has 5 aromatic carbocycles. The molecule has 0 bridgehead atoms. The van der Waals surface area contributed by atoms with Crippen molar-refractivity contribution in [2.24, 2.45) is 5.16 Å². The van der Waals surface area contributed by atoms with E-state index in [0.717, 1.165) is 28.0 Å². The Morgan fingerprint density at radius 2 is 1.03 bits per heavy atom. The Balaban J connectivity index is 1.46. The van der Waals surface area contributed by atoms with Gasteiger partial charge >= 0.3 is 225 Å². The van der Waals surface area contributed by atoms with Crippen molar-refractivity contribution in [2.75, 3.05) is 5.51 Å². The van der Waals surface area contributed by atoms with Gasteiger partial charge in [-0.05, 0) is 0 Å². The first-order valence-corrected chi connectivity index (χ1v) is 14.2. The topological polar surface area (TPSA) is 30.8 Å². The average Bonchev–Trinajstić information content (AvgIpc) is 2.98. The normalized spacial score (nSPS) is 11.4. The third kappa shape index (κ3) is 5.83. The first-order valence-electron chi connectivity index (χ1n) is 12.1. The summed E-state index contributed by atoms with van der Waals surface area (Å²) in [7, 11) is 0. The van der Waals surface area contributed by atoms with Crippen LogP contribution in [-0.2, 0) is 10.4 Å². The van der Waals surface area contributed by atoms with Crippen molar-refractivity contribution in [3.8, 4) is 5.75 Å². The molecule has 0 spiro atoms. The Labute approximate surface area is 224 Å². The molecule has 0 fully saturated rings. The zero-order valence-corrected chi connectivity index (χ0v) is 22.0. The molecule has 0 amide bonds. The SMILES string of the molecule is C(=N\OC(c1ccccc1)(c1ccccc1)c1ccccc1)/c1ccccc1OC[Se]c1ccccc1. The Bertz CT molecular complexity index is 1310. The molecule has 5 rings (SSSR count). The summed E-state index contributed by atoms with van der Waals surface area (Å²) >= 11 is 0.227. The predicted octanol–water partition coefficient (Wildman–Crippen LogP) is 6.40. The van der Waals surface area contributed by atoms with E-state index < -0.39 is 5.60 Å². The summed E-state index contributed by atoms with van der Waals surface area (Å²) in [5.41, 5.74) is 3.60. The Hall–Kier alpha value is -4.11. The van der Waals surface area contributed by atoms with E-state index in [9.17, 15) is 0 Å². The molecule has 0 radical (unpaired) electrons. The number of para-hydroxylation sites is 1. The van der Waals surface area contributed by atoms with Crippen LogP contribution >= 0.6 is 0 Å². The van der Waals surface area contributed by atoms with Gasteiger partial charge in [0.15, 0.2) is 0 Å². The average molecular weight is 549 g/mol. The molecule has 0 saturated heterocycles. The molecular formula is C33H27NO2Se. The fourth-order valence-corrected chi connectivity index (χ4v) is 5.64. The number of oxime groups is 1. The second-order valence-electron chi connectivity index (χ2n) is 8.36. The molecular weight excluding hydrogens is 521 g/mol. The summed E-state index contributed by atoms with van der Waals surface area (Å²) in [5, 5.41) is 4.57. The minimum absolute atomic E-state index is 0.227. The van der Waals surface area contributed by atoms with Crippen molar-refractivity contribution in [1.82, 2.24) is 0 Å². The maximum atomic E-state index is 6.54. The second kappa shape index (κ2) is 12.2. The van der Waals surface area contributed by atoms with Crippen LogP contribution in [-0.4, -0.2) is 26.7 Å². The number of hydrogen-bond donors (Lipinski definition) is 0. The van der Waals surface area contributed by atoms with E-state index in [-0.39, 0.29) is 15.0 Å². The molecule has 0 aliphatic rings. The Kier molecular flexibility index (Phi) is 8.12. The van der Waals surface area contributed by atoms with Gasteiger partial charge in [0.25, 0.3) is 0 Å². The number of ether oxygens (including phenoxy) is 1. The predicted molar refractivity (Wildman–Crippen MR) is 152 cm³/mol. The van der Waals surface area contributed by atoms with Gasteiger partial charge in [-0.25, -0.2) is 0 Å². The summed E-state index contributed by atoms with van der Waals surface area (Å²) in [4.78, 5) is 6.54. The zero-order chi connectivity index (χ0) is 25.2. The fourth-order valence-electron chi connectivity index (χ4n) is 4.24. The monoisotopic (exact) mass is 549 g/mol. The van der Waals surface area contributed by atoms with Crippen LogP contribution in [0.25, 0.3) is 0 Å². The Morgan fingerprint density at radius 3 is 1.57 bits per heavy atom. The van der Waals surface area contributed by atoms with Crippen LogP contribution in [0.2, 0.25) is 0 Å². The van der Waals surface area contributed by atoms with Gasteiger partial charge in [-0.2, -0.15) is 0 Å². The summed E-state index contributed by atoms with van der Waals surface area (Å²) in [6.07, 6.45) is 1.74. The molecule has 0 aliphatic carbocycles. The van der Waals surface area contributed by atoms with Crippen molar-refractivity contribution in [1.29, 1.82) is 0 Å². The molecule has 0 heterocycles. The van der Waals surface area contributed by atoms with Crippen LogP contribution in [0.15, 0.2) is 151 Å². The summed E-state index contributed by atoms with van der Waals surface area (Å²) in [6.45, 7) is 0. The molecule has 37 heavy (non-hydrogen) atoms. The number of benzene rings is 5. The first-order chi connectivity index (χ1) is 18.4. The van der Waals surface area contributed by atoms with Gasteiger partial charge in [0, 0.05) is 0 Å². The van der Waals surface area contributed by atoms with Gasteiger partial charge in [-0.3, -0.25) is 0 Å². The number of hydrogen-bond acceptors (Lipinski definition) is 3. The van der Waals surface area contributed by atoms with Crippen LogP contribution in [0.3, 0.4) is 0 Å². The van der Waals surface area contributed by atoms with E-state index in [1.807, 2.05) is 84.9 Å². The van der Waals surface area contributed by atoms with Gasteiger partial charge in [0.2, 0.25) is 0 Å². The quantitative estimate of drug-likeness (QED) is 0.0876. The summed E-state index contributed by atoms with van der Waals surface area (Å²) in [5.74, 6) is 0.789. The summed E-state index contributed by atoms with van der Waals surface area (Å²) in [6, 6.07) is 49.1. The third-order valence-corrected chi connectivity index (χ3v) is 7.79. The van der Waals surface area contributed by atoms with Crippen molar-refractivity contribution < 1.29 is 9.57 Å². The molecule has 0 unspecified atom stereocenters. The van der Waals surface area contributed by atoms with Gasteiger partial charge in [-0.15, -0.1) is 0 Å². The minimum atomic E-state index is -0.910. The van der Waals surface area contributed by atoms with Crippen LogP contribution in [0.4, 0.5) is 0 Å². The molecule has 5 aromatic rings. The maximum absolute atomic E-state index is 6.54. The van der Waals surface area contributed by atoms with E-state index in [0.29, 0.717) is 5.51 Å². The molecule has 182 valence electrons. The van der Waals surface area contributed by atoms with Gasteiger partial charge in [0.1, 0.15) is 0 Å². The molecule has 0 N–H and O–H groups in total. The first kappa shape index (κ1) is 24.6. The van der Waals surface area contributed by atoms with E-state index in [2.05, 4.69) is 65.8 Å². The molecule has 4 heteroatoms. The Morgan fingerprint density at radius 1 is 0.568 bits per heavy atom. The molecule has 0 aromatic heterocycles. The summed E-state index contributed by atoms with van der Waals surface area (Å²) < 4.78 is 7.47. The standard InChI is InChI=1S/C33H27NO2Se/c1-5-16-28(17-6-1)33(29-18-7-2-8-19-29,30-20-9-3-10-21-30)36-34-25-27-15-13-14-24-32(27)35-26-37-31-22-11-4-12-23-31/h1-25H,26H2/b34-25+. The molecule has 3 nitrogen and oxygen atoms in total. The fraction of sp³-hybridized carbons (Fsp3) is 0.0606. The van der Waals surface area contributed by atoms with Gasteiger partial charge in [0.05, 0.1) is 0 Å². The van der Waals surface area contributed by atoms with Crippen molar-refractivity contribution in [2.45, 2.75) is 5.60 Å². The third-order valence-electron chi connectivity index (χ3n) is 6.02. The number of nitrogens with zero attached hydrogens (tertiary/aromatic N) is 1. The second-order valence-corrected chi connectivity index (χ2v) is 10.5. The van der Waals surface area contributed by atoms with Crippen LogP contribution in [0.5, 0.6) is 5.75 Å². The van der Waals surface area contributed by atoms with Crippen molar-refractivity contribution in [3.05, 3.63) is 168 Å². The van der Waals surface area contributed by atoms with Gasteiger partial charge in [-0.1, -0.05) is 0 Å². The molecule has 0 saturated carbocycles. The van der Waals surface area contributed by atoms with Gasteiger partial charge < -0.3 is 0 Å². The van der Waals surface area contributed by atoms with E-state index in [1.165, 1.54) is 4.46 Å². The molecule has 0 atom stereocenters. The van der Waals surface area contributed by atoms with Crippen LogP contribution in [0.1, 0.15) is 22.3 Å². The van der Waals surface area contributed by atoms with Crippen LogP contribution < -0.4 is 9.20 Å². The van der Waals surface area contributed by atoms with E-state index in [1.54, 1.807) is 6.21 Å². The van der Waals surface area contributed by atoms with Crippen LogP contribution in [0, 0.1) is 0 Å². The number of rotatable bonds is 10. The van der Waals surface area contributed by atoms with E-state index in [4.69, 9.17) is 9.57 Å². The van der Waals surface area contributed by atoms with E-state index >= 15 is 0 Å². The van der Waals surface area contributed by atoms with Crippen molar-refractivity contribution in [3.63, 3.8) is 0 Å². The zero-order valence-electron chi connectivity index (χ0n) is 20.3. The molecule has 0 aliphatic heterocycles. The van der Waals surface area contributed by atoms with Crippen molar-refractivity contribution >= 4 is 25.6 Å².